The first-order valence-electron chi connectivity index (χ1n) is 18.9. The van der Waals surface area contributed by atoms with Gasteiger partial charge >= 0.3 is 0 Å². The number of nitrogens with one attached hydrogen (secondary N) is 1. The molecule has 12 rings (SSSR count). The van der Waals surface area contributed by atoms with E-state index in [0.29, 0.717) is 5.84 Å². The van der Waals surface area contributed by atoms with E-state index in [1.54, 1.807) is 0 Å². The van der Waals surface area contributed by atoms with Gasteiger partial charge in [0.05, 0.1) is 0 Å². The average Bonchev–Trinajstić information content (AvgIpc) is 3.85. The lowest BCUT2D eigenvalue weighted by Crippen LogP contribution is -2.33. The molecule has 0 saturated heterocycles. The SMILES string of the molecule is c1ccc(C2=NC(c3c(-c4cccc5oc6c7ccccc7ccc6c45)ccc4oc5ccccc5c34)=NC(c3ccc4c(ccc5ccccc54)c3)N2)cc1. The Morgan fingerprint density at radius 3 is 2.02 bits per heavy atom. The molecule has 56 heavy (non-hydrogen) atoms. The van der Waals surface area contributed by atoms with Crippen molar-refractivity contribution in [3.8, 4) is 11.1 Å². The summed E-state index contributed by atoms with van der Waals surface area (Å²) in [5, 5.41) is 14.9. The maximum atomic E-state index is 6.68. The van der Waals surface area contributed by atoms with Crippen LogP contribution in [0.1, 0.15) is 22.9 Å². The fourth-order valence-electron chi connectivity index (χ4n) is 8.73. The molecule has 1 N–H and O–H groups in total. The van der Waals surface area contributed by atoms with Crippen LogP contribution in [-0.2, 0) is 0 Å². The Bertz CT molecular complexity index is 3460. The predicted molar refractivity (Wildman–Crippen MR) is 231 cm³/mol. The van der Waals surface area contributed by atoms with E-state index in [1.165, 1.54) is 16.2 Å². The smallest absolute Gasteiger partial charge is 0.160 e. The zero-order valence-electron chi connectivity index (χ0n) is 30.0. The summed E-state index contributed by atoms with van der Waals surface area (Å²) in [6, 6.07) is 61.5. The molecule has 0 spiro atoms. The number of furan rings is 2. The topological polar surface area (TPSA) is 63.0 Å². The van der Waals surface area contributed by atoms with Crippen molar-refractivity contribution in [1.29, 1.82) is 0 Å². The lowest BCUT2D eigenvalue weighted by atomic mass is 9.91. The van der Waals surface area contributed by atoms with Crippen LogP contribution in [0.3, 0.4) is 0 Å². The number of rotatable bonds is 4. The maximum Gasteiger partial charge on any atom is 0.160 e. The molecule has 5 nitrogen and oxygen atoms in total. The molecule has 0 aliphatic carbocycles. The van der Waals surface area contributed by atoms with Crippen LogP contribution in [0.4, 0.5) is 0 Å². The van der Waals surface area contributed by atoms with E-state index >= 15 is 0 Å². The van der Waals surface area contributed by atoms with E-state index in [0.717, 1.165) is 93.7 Å². The molecule has 262 valence electrons. The van der Waals surface area contributed by atoms with Crippen molar-refractivity contribution in [3.63, 3.8) is 0 Å². The fraction of sp³-hybridized carbons (Fsp3) is 0.0196. The molecule has 1 aliphatic rings. The number of fused-ring (bicyclic) bond motifs is 11. The van der Waals surface area contributed by atoms with Crippen LogP contribution in [0.5, 0.6) is 0 Å². The van der Waals surface area contributed by atoms with Crippen molar-refractivity contribution in [1.82, 2.24) is 5.32 Å². The second-order valence-electron chi connectivity index (χ2n) is 14.5. The number of hydrogen-bond acceptors (Lipinski definition) is 5. The summed E-state index contributed by atoms with van der Waals surface area (Å²) in [5.74, 6) is 1.39. The third-order valence-corrected chi connectivity index (χ3v) is 11.3. The molecular formula is C51H31N3O2. The lowest BCUT2D eigenvalue weighted by molar-refractivity contribution is 0.668. The Balaban J connectivity index is 1.15. The molecule has 5 heteroatoms. The van der Waals surface area contributed by atoms with Crippen molar-refractivity contribution < 1.29 is 8.83 Å². The molecule has 3 heterocycles. The normalized spacial score (nSPS) is 14.6. The molecule has 11 aromatic rings. The van der Waals surface area contributed by atoms with E-state index in [1.807, 2.05) is 30.3 Å². The highest BCUT2D eigenvalue weighted by molar-refractivity contribution is 6.27. The first kappa shape index (κ1) is 30.9. The lowest BCUT2D eigenvalue weighted by Gasteiger charge is -2.25. The molecule has 1 aliphatic heterocycles. The summed E-state index contributed by atoms with van der Waals surface area (Å²) in [6.07, 6.45) is -0.410. The summed E-state index contributed by atoms with van der Waals surface area (Å²) in [4.78, 5) is 10.9. The van der Waals surface area contributed by atoms with Crippen molar-refractivity contribution in [2.24, 2.45) is 9.98 Å². The standard InChI is InChI=1S/C51H31N3O2/c1-2-13-32(14-3-1)49-52-50(34-24-25-36-33(29-34)22-21-30-11-4-6-15-35(30)36)54-51(53-49)47-39(27-28-44-46(47)40-17-8-9-19-42(40)55-44)38-18-10-20-43-45(38)41-26-23-31-12-5-7-16-37(31)48(41)56-43/h1-29,50H,(H,52,53,54). The molecule has 0 fully saturated rings. The molecule has 1 unspecified atom stereocenters. The number of para-hydroxylation sites is 1. The highest BCUT2D eigenvalue weighted by Gasteiger charge is 2.28. The van der Waals surface area contributed by atoms with Gasteiger partial charge in [0.2, 0.25) is 0 Å². The number of nitrogens with zero attached hydrogens (tertiary/aromatic N) is 2. The van der Waals surface area contributed by atoms with Crippen LogP contribution in [0.25, 0.3) is 87.3 Å². The number of benzene rings is 9. The van der Waals surface area contributed by atoms with Gasteiger partial charge in [-0.15, -0.1) is 0 Å². The van der Waals surface area contributed by atoms with Gasteiger partial charge in [0.15, 0.2) is 5.84 Å². The monoisotopic (exact) mass is 717 g/mol. The first-order valence-corrected chi connectivity index (χ1v) is 18.9. The summed E-state index contributed by atoms with van der Waals surface area (Å²) < 4.78 is 13.2. The van der Waals surface area contributed by atoms with E-state index < -0.39 is 6.17 Å². The third-order valence-electron chi connectivity index (χ3n) is 11.3. The Morgan fingerprint density at radius 2 is 1.12 bits per heavy atom. The molecule has 2 aromatic heterocycles. The van der Waals surface area contributed by atoms with Gasteiger partial charge in [-0.25, -0.2) is 9.98 Å². The van der Waals surface area contributed by atoms with E-state index in [9.17, 15) is 0 Å². The summed E-state index contributed by atoms with van der Waals surface area (Å²) in [5.41, 5.74) is 8.32. The zero-order chi connectivity index (χ0) is 36.7. The Kier molecular flexibility index (Phi) is 6.63. The van der Waals surface area contributed by atoms with Gasteiger partial charge in [-0.2, -0.15) is 0 Å². The maximum absolute atomic E-state index is 6.68. The number of aliphatic imine (C=N–C) groups is 2. The van der Waals surface area contributed by atoms with Gasteiger partial charge in [-0.1, -0.05) is 140 Å². The van der Waals surface area contributed by atoms with Crippen LogP contribution in [0.2, 0.25) is 0 Å². The Hall–Kier alpha value is -7.50. The van der Waals surface area contributed by atoms with Gasteiger partial charge in [0.25, 0.3) is 0 Å². The fourth-order valence-corrected chi connectivity index (χ4v) is 8.73. The third kappa shape index (κ3) is 4.67. The molecule has 0 amide bonds. The predicted octanol–water partition coefficient (Wildman–Crippen LogP) is 13.1. The van der Waals surface area contributed by atoms with Gasteiger partial charge in [-0.3, -0.25) is 0 Å². The largest absolute Gasteiger partial charge is 0.456 e. The van der Waals surface area contributed by atoms with Crippen LogP contribution in [-0.4, -0.2) is 11.7 Å². The molecular weight excluding hydrogens is 687 g/mol. The summed E-state index contributed by atoms with van der Waals surface area (Å²) >= 11 is 0. The number of amidine groups is 2. The minimum absolute atomic E-state index is 0.410. The van der Waals surface area contributed by atoms with Crippen molar-refractivity contribution in [2.75, 3.05) is 0 Å². The van der Waals surface area contributed by atoms with Crippen molar-refractivity contribution >= 4 is 87.9 Å². The van der Waals surface area contributed by atoms with E-state index in [4.69, 9.17) is 18.8 Å². The highest BCUT2D eigenvalue weighted by Crippen LogP contribution is 2.44. The molecule has 0 saturated carbocycles. The van der Waals surface area contributed by atoms with Gasteiger partial charge in [0.1, 0.15) is 34.3 Å². The summed E-state index contributed by atoms with van der Waals surface area (Å²) in [6.45, 7) is 0. The Morgan fingerprint density at radius 1 is 0.446 bits per heavy atom. The second-order valence-corrected chi connectivity index (χ2v) is 14.5. The quantitative estimate of drug-likeness (QED) is 0.184. The molecule has 9 aromatic carbocycles. The minimum atomic E-state index is -0.410. The van der Waals surface area contributed by atoms with Gasteiger partial charge in [-0.05, 0) is 80.0 Å². The van der Waals surface area contributed by atoms with Crippen LogP contribution >= 0.6 is 0 Å². The van der Waals surface area contributed by atoms with Crippen LogP contribution < -0.4 is 5.32 Å². The zero-order valence-corrected chi connectivity index (χ0v) is 30.0. The van der Waals surface area contributed by atoms with Crippen molar-refractivity contribution in [3.05, 3.63) is 193 Å². The summed E-state index contributed by atoms with van der Waals surface area (Å²) in [7, 11) is 0. The first-order chi connectivity index (χ1) is 27.7. The van der Waals surface area contributed by atoms with Crippen LogP contribution in [0, 0.1) is 0 Å². The van der Waals surface area contributed by atoms with E-state index in [-0.39, 0.29) is 0 Å². The molecule has 0 radical (unpaired) electrons. The Labute approximate surface area is 320 Å². The van der Waals surface area contributed by atoms with E-state index in [2.05, 4.69) is 151 Å². The van der Waals surface area contributed by atoms with Crippen molar-refractivity contribution in [2.45, 2.75) is 6.17 Å². The molecule has 1 atom stereocenters. The average molecular weight is 718 g/mol. The van der Waals surface area contributed by atoms with Crippen LogP contribution in [0.15, 0.2) is 195 Å². The highest BCUT2D eigenvalue weighted by atomic mass is 16.3. The molecule has 0 bridgehead atoms. The minimum Gasteiger partial charge on any atom is -0.456 e. The number of hydrogen-bond donors (Lipinski definition) is 1. The van der Waals surface area contributed by atoms with Gasteiger partial charge < -0.3 is 14.2 Å². The second kappa shape index (κ2) is 12.0. The van der Waals surface area contributed by atoms with Gasteiger partial charge in [0, 0.05) is 38.1 Å².